The lowest BCUT2D eigenvalue weighted by Gasteiger charge is -2.37. The zero-order valence-electron chi connectivity index (χ0n) is 22.9. The van der Waals surface area contributed by atoms with Crippen LogP contribution < -0.4 is 19.7 Å². The number of hydrogen-bond donors (Lipinski definition) is 2. The number of benzene rings is 2. The number of aliphatic hydroxyl groups excluding tert-OH is 1. The number of amides is 1. The summed E-state index contributed by atoms with van der Waals surface area (Å²) in [6.07, 6.45) is -0.681. The maximum atomic E-state index is 13.0. The number of aliphatic hydroxyl groups is 1. The molecule has 1 amide bonds. The summed E-state index contributed by atoms with van der Waals surface area (Å²) in [4.78, 5) is 22.0. The van der Waals surface area contributed by atoms with E-state index in [-0.39, 0.29) is 37.3 Å². The normalized spacial score (nSPS) is 15.6. The van der Waals surface area contributed by atoms with Gasteiger partial charge in [-0.2, -0.15) is 0 Å². The number of carbonyl (C=O) groups excluding carboxylic acids is 1. The van der Waals surface area contributed by atoms with Crippen LogP contribution in [-0.4, -0.2) is 84.1 Å². The number of aryl methyl sites for hydroxylation is 1. The molecule has 2 aliphatic heterocycles. The van der Waals surface area contributed by atoms with Crippen LogP contribution >= 0.6 is 36.4 Å². The van der Waals surface area contributed by atoms with Gasteiger partial charge in [-0.1, -0.05) is 17.7 Å². The van der Waals surface area contributed by atoms with Gasteiger partial charge in [0.25, 0.3) is 5.91 Å². The van der Waals surface area contributed by atoms with Crippen molar-refractivity contribution >= 4 is 48.0 Å². The average Bonchev–Trinajstić information content (AvgIpc) is 3.22. The van der Waals surface area contributed by atoms with Gasteiger partial charge in [-0.15, -0.1) is 24.8 Å². The van der Waals surface area contributed by atoms with Crippen molar-refractivity contribution in [2.45, 2.75) is 26.9 Å². The lowest BCUT2D eigenvalue weighted by molar-refractivity contribution is 0.0847. The van der Waals surface area contributed by atoms with Gasteiger partial charge in [0.2, 0.25) is 0 Å². The van der Waals surface area contributed by atoms with Crippen LogP contribution in [0, 0.1) is 20.8 Å². The van der Waals surface area contributed by atoms with Gasteiger partial charge >= 0.3 is 0 Å². The molecule has 12 heteroatoms. The molecule has 0 bridgehead atoms. The van der Waals surface area contributed by atoms with E-state index < -0.39 is 6.10 Å². The molecule has 1 saturated heterocycles. The maximum Gasteiger partial charge on any atom is 0.271 e. The Kier molecular flexibility index (Phi) is 11.0. The number of fused-ring (bicyclic) bond motifs is 1. The summed E-state index contributed by atoms with van der Waals surface area (Å²) in [5, 5.41) is 14.3. The highest BCUT2D eigenvalue weighted by atomic mass is 35.5. The lowest BCUT2D eigenvalue weighted by atomic mass is 10.1. The molecule has 3 aromatic rings. The molecule has 0 saturated carbocycles. The Labute approximate surface area is 252 Å². The molecule has 5 rings (SSSR count). The molecule has 0 radical (unpaired) electrons. The van der Waals surface area contributed by atoms with Gasteiger partial charge in [-0.25, -0.2) is 4.98 Å². The lowest BCUT2D eigenvalue weighted by Crippen LogP contribution is -2.50. The number of anilines is 1. The first kappa shape index (κ1) is 31.8. The number of ether oxygens (including phenoxy) is 2. The van der Waals surface area contributed by atoms with Gasteiger partial charge in [0, 0.05) is 56.0 Å². The fourth-order valence-electron chi connectivity index (χ4n) is 5.17. The third-order valence-electron chi connectivity index (χ3n) is 7.19. The van der Waals surface area contributed by atoms with Gasteiger partial charge in [0.1, 0.15) is 24.7 Å². The standard InChI is InChI=1S/C28H34ClN5O4.2ClH/c1-18-23(29)5-4-6-24(18)33-11-9-32(10-12-33)17-22(35)16-30-28(36)27-19(2)34(20(3)31-27)21-7-8-25-26(15-21)38-14-13-37-25;;/h4-8,15,22,35H,9-14,16-17H2,1-3H3,(H,30,36);2*1H/t22-;;/m1../s1. The number of carbonyl (C=O) groups is 1. The number of nitrogens with zero attached hydrogens (tertiary/aromatic N) is 4. The van der Waals surface area contributed by atoms with E-state index in [2.05, 4.69) is 26.2 Å². The highest BCUT2D eigenvalue weighted by Gasteiger charge is 2.23. The number of halogens is 3. The minimum absolute atomic E-state index is 0. The predicted octanol–water partition coefficient (Wildman–Crippen LogP) is 3.98. The summed E-state index contributed by atoms with van der Waals surface area (Å²) in [6, 6.07) is 11.7. The first-order chi connectivity index (χ1) is 18.3. The van der Waals surface area contributed by atoms with Crippen molar-refractivity contribution in [2.24, 2.45) is 0 Å². The molecular formula is C28H36Cl3N5O4. The Morgan fingerprint density at radius 3 is 2.48 bits per heavy atom. The summed E-state index contributed by atoms with van der Waals surface area (Å²) in [7, 11) is 0. The molecule has 3 heterocycles. The third-order valence-corrected chi connectivity index (χ3v) is 7.60. The molecule has 1 aromatic heterocycles. The van der Waals surface area contributed by atoms with Crippen molar-refractivity contribution in [1.29, 1.82) is 0 Å². The number of hydrogen-bond acceptors (Lipinski definition) is 7. The van der Waals surface area contributed by atoms with Crippen LogP contribution in [0.25, 0.3) is 5.69 Å². The molecule has 1 atom stereocenters. The van der Waals surface area contributed by atoms with Crippen molar-refractivity contribution in [2.75, 3.05) is 57.4 Å². The van der Waals surface area contributed by atoms with E-state index in [0.717, 1.165) is 53.8 Å². The number of β-amino-alcohol motifs (C(OH)–C–C–N with tert-alkyl or cyclic N) is 1. The Bertz CT molecular complexity index is 1330. The highest BCUT2D eigenvalue weighted by Crippen LogP contribution is 2.33. The molecule has 2 N–H and O–H groups in total. The highest BCUT2D eigenvalue weighted by molar-refractivity contribution is 6.31. The largest absolute Gasteiger partial charge is 0.486 e. The van der Waals surface area contributed by atoms with Gasteiger partial charge in [0.05, 0.1) is 17.5 Å². The first-order valence-corrected chi connectivity index (χ1v) is 13.3. The number of piperazine rings is 1. The van der Waals surface area contributed by atoms with Gasteiger partial charge < -0.3 is 29.4 Å². The molecule has 0 aliphatic carbocycles. The van der Waals surface area contributed by atoms with E-state index in [1.165, 1.54) is 0 Å². The van der Waals surface area contributed by atoms with E-state index in [0.29, 0.717) is 42.8 Å². The molecule has 0 spiro atoms. The molecule has 40 heavy (non-hydrogen) atoms. The SMILES string of the molecule is Cc1c(Cl)cccc1N1CCN(C[C@H](O)CNC(=O)c2nc(C)n(-c3ccc4c(c3)OCCO4)c2C)CC1.Cl.Cl. The van der Waals surface area contributed by atoms with Crippen molar-refractivity contribution in [3.05, 3.63) is 64.2 Å². The summed E-state index contributed by atoms with van der Waals surface area (Å²) in [5.74, 6) is 1.78. The van der Waals surface area contributed by atoms with Gasteiger partial charge in [-0.05, 0) is 50.6 Å². The predicted molar refractivity (Wildman–Crippen MR) is 162 cm³/mol. The second-order valence-corrected chi connectivity index (χ2v) is 10.2. The van der Waals surface area contributed by atoms with Crippen LogP contribution in [0.15, 0.2) is 36.4 Å². The molecular weight excluding hydrogens is 577 g/mol. The summed E-state index contributed by atoms with van der Waals surface area (Å²) < 4.78 is 13.2. The smallest absolute Gasteiger partial charge is 0.271 e. The number of aromatic nitrogens is 2. The van der Waals surface area contributed by atoms with E-state index in [1.807, 2.05) is 55.7 Å². The van der Waals surface area contributed by atoms with Crippen LogP contribution in [0.2, 0.25) is 5.02 Å². The summed E-state index contributed by atoms with van der Waals surface area (Å²) in [5.41, 5.74) is 4.16. The maximum absolute atomic E-state index is 13.0. The fraction of sp³-hybridized carbons (Fsp3) is 0.429. The van der Waals surface area contributed by atoms with Crippen LogP contribution in [0.1, 0.15) is 27.6 Å². The molecule has 2 aliphatic rings. The Morgan fingerprint density at radius 1 is 1.05 bits per heavy atom. The van der Waals surface area contributed by atoms with E-state index in [9.17, 15) is 9.90 Å². The van der Waals surface area contributed by atoms with Crippen LogP contribution in [0.5, 0.6) is 11.5 Å². The zero-order chi connectivity index (χ0) is 26.8. The minimum Gasteiger partial charge on any atom is -0.486 e. The van der Waals surface area contributed by atoms with Crippen LogP contribution in [-0.2, 0) is 0 Å². The monoisotopic (exact) mass is 611 g/mol. The second kappa shape index (κ2) is 13.8. The molecule has 9 nitrogen and oxygen atoms in total. The number of imidazole rings is 1. The minimum atomic E-state index is -0.681. The molecule has 1 fully saturated rings. The van der Waals surface area contributed by atoms with Crippen molar-refractivity contribution < 1.29 is 19.4 Å². The van der Waals surface area contributed by atoms with Crippen molar-refractivity contribution in [1.82, 2.24) is 19.8 Å². The Hall–Kier alpha value is -2.69. The van der Waals surface area contributed by atoms with E-state index in [1.54, 1.807) is 0 Å². The average molecular weight is 613 g/mol. The Morgan fingerprint density at radius 2 is 1.75 bits per heavy atom. The first-order valence-electron chi connectivity index (χ1n) is 13.0. The zero-order valence-corrected chi connectivity index (χ0v) is 25.2. The quantitative estimate of drug-likeness (QED) is 0.417. The topological polar surface area (TPSA) is 92.1 Å². The van der Waals surface area contributed by atoms with Gasteiger partial charge in [0.15, 0.2) is 11.5 Å². The third kappa shape index (κ3) is 6.78. The molecule has 0 unspecified atom stereocenters. The number of rotatable bonds is 7. The van der Waals surface area contributed by atoms with Crippen LogP contribution in [0.3, 0.4) is 0 Å². The van der Waals surface area contributed by atoms with Crippen molar-refractivity contribution in [3.63, 3.8) is 0 Å². The molecule has 2 aromatic carbocycles. The van der Waals surface area contributed by atoms with Crippen LogP contribution in [0.4, 0.5) is 5.69 Å². The Balaban J connectivity index is 0.00000220. The second-order valence-electron chi connectivity index (χ2n) is 9.79. The number of nitrogens with one attached hydrogen (secondary N) is 1. The molecule has 218 valence electrons. The van der Waals surface area contributed by atoms with Crippen molar-refractivity contribution in [3.8, 4) is 17.2 Å². The van der Waals surface area contributed by atoms with E-state index in [4.69, 9.17) is 21.1 Å². The van der Waals surface area contributed by atoms with E-state index >= 15 is 0 Å². The van der Waals surface area contributed by atoms with Gasteiger partial charge in [-0.3, -0.25) is 9.69 Å². The summed E-state index contributed by atoms with van der Waals surface area (Å²) >= 11 is 6.29. The summed E-state index contributed by atoms with van der Waals surface area (Å²) in [6.45, 7) is 10.8. The fourth-order valence-corrected chi connectivity index (χ4v) is 5.34.